The van der Waals surface area contributed by atoms with E-state index in [0.717, 1.165) is 5.69 Å². The number of urea groups is 1. The molecule has 2 aromatic carbocycles. The van der Waals surface area contributed by atoms with Crippen molar-refractivity contribution in [1.29, 1.82) is 0 Å². The Labute approximate surface area is 142 Å². The van der Waals surface area contributed by atoms with Crippen molar-refractivity contribution in [3.8, 4) is 0 Å². The molecule has 0 aromatic heterocycles. The van der Waals surface area contributed by atoms with Crippen LogP contribution < -0.4 is 15.5 Å². The van der Waals surface area contributed by atoms with Gasteiger partial charge < -0.3 is 15.5 Å². The predicted molar refractivity (Wildman–Crippen MR) is 97.1 cm³/mol. The smallest absolute Gasteiger partial charge is 0.319 e. The summed E-state index contributed by atoms with van der Waals surface area (Å²) in [7, 11) is 1.71. The van der Waals surface area contributed by atoms with Gasteiger partial charge in [-0.15, -0.1) is 0 Å². The summed E-state index contributed by atoms with van der Waals surface area (Å²) in [5, 5.41) is 5.51. The van der Waals surface area contributed by atoms with E-state index < -0.39 is 12.1 Å². The topological polar surface area (TPSA) is 61.4 Å². The van der Waals surface area contributed by atoms with E-state index in [9.17, 15) is 9.59 Å². The molecular weight excluding hydrogens is 302 g/mol. The summed E-state index contributed by atoms with van der Waals surface area (Å²) in [5.74, 6) is -0.190. The molecule has 0 unspecified atom stereocenters. The van der Waals surface area contributed by atoms with Crippen LogP contribution in [0.25, 0.3) is 0 Å². The zero-order valence-electron chi connectivity index (χ0n) is 14.2. The lowest BCUT2D eigenvalue weighted by atomic mass is 10.0. The average molecular weight is 325 g/mol. The number of rotatable bonds is 5. The van der Waals surface area contributed by atoms with Crippen molar-refractivity contribution in [2.45, 2.75) is 19.9 Å². The van der Waals surface area contributed by atoms with Gasteiger partial charge in [0.2, 0.25) is 5.91 Å². The molecule has 0 fully saturated rings. The third-order valence-electron chi connectivity index (χ3n) is 3.73. The fourth-order valence-electron chi connectivity index (χ4n) is 2.33. The van der Waals surface area contributed by atoms with Crippen LogP contribution in [0.1, 0.15) is 13.8 Å². The summed E-state index contributed by atoms with van der Waals surface area (Å²) in [6, 6.07) is 17.5. The van der Waals surface area contributed by atoms with Crippen LogP contribution in [0.5, 0.6) is 0 Å². The Kier molecular flexibility index (Phi) is 5.95. The van der Waals surface area contributed by atoms with Crippen LogP contribution in [0, 0.1) is 5.92 Å². The molecule has 3 amide bonds. The van der Waals surface area contributed by atoms with Crippen molar-refractivity contribution in [3.05, 3.63) is 60.7 Å². The van der Waals surface area contributed by atoms with E-state index in [-0.39, 0.29) is 11.8 Å². The van der Waals surface area contributed by atoms with Crippen LogP contribution in [0.2, 0.25) is 0 Å². The molecule has 5 heteroatoms. The third kappa shape index (κ3) is 4.59. The number of amides is 3. The molecule has 1 atom stereocenters. The second kappa shape index (κ2) is 8.15. The molecule has 0 aliphatic rings. The number of nitrogens with zero attached hydrogens (tertiary/aromatic N) is 1. The summed E-state index contributed by atoms with van der Waals surface area (Å²) >= 11 is 0. The van der Waals surface area contributed by atoms with Crippen molar-refractivity contribution in [2.75, 3.05) is 17.3 Å². The molecule has 126 valence electrons. The minimum Gasteiger partial charge on any atom is -0.326 e. The number of carbonyl (C=O) groups is 2. The number of anilines is 2. The Morgan fingerprint density at radius 1 is 0.917 bits per heavy atom. The van der Waals surface area contributed by atoms with Crippen LogP contribution >= 0.6 is 0 Å². The summed E-state index contributed by atoms with van der Waals surface area (Å²) in [6.07, 6.45) is 0. The lowest BCUT2D eigenvalue weighted by Crippen LogP contribution is -2.51. The molecule has 0 aliphatic carbocycles. The molecule has 24 heavy (non-hydrogen) atoms. The zero-order valence-corrected chi connectivity index (χ0v) is 14.2. The molecule has 0 saturated heterocycles. The quantitative estimate of drug-likeness (QED) is 0.884. The summed E-state index contributed by atoms with van der Waals surface area (Å²) in [4.78, 5) is 26.5. The number of para-hydroxylation sites is 2. The molecular formula is C19H23N3O2. The lowest BCUT2D eigenvalue weighted by molar-refractivity contribution is -0.121. The van der Waals surface area contributed by atoms with Crippen LogP contribution in [0.4, 0.5) is 16.2 Å². The van der Waals surface area contributed by atoms with Crippen LogP contribution in [-0.4, -0.2) is 25.0 Å². The number of benzene rings is 2. The maximum absolute atomic E-state index is 12.8. The molecule has 2 aromatic rings. The van der Waals surface area contributed by atoms with Gasteiger partial charge in [0.05, 0.1) is 0 Å². The van der Waals surface area contributed by atoms with Crippen LogP contribution in [0.15, 0.2) is 60.7 Å². The number of likely N-dealkylation sites (N-methyl/N-ethyl adjacent to an activating group) is 1. The van der Waals surface area contributed by atoms with E-state index in [0.29, 0.717) is 5.69 Å². The van der Waals surface area contributed by atoms with Gasteiger partial charge in [-0.3, -0.25) is 4.79 Å². The highest BCUT2D eigenvalue weighted by molar-refractivity contribution is 6.00. The number of carbonyl (C=O) groups excluding carboxylic acids is 2. The van der Waals surface area contributed by atoms with Gasteiger partial charge in [0.1, 0.15) is 6.04 Å². The van der Waals surface area contributed by atoms with Gasteiger partial charge in [0, 0.05) is 18.4 Å². The first-order valence-corrected chi connectivity index (χ1v) is 7.94. The van der Waals surface area contributed by atoms with Gasteiger partial charge in [-0.25, -0.2) is 4.79 Å². The van der Waals surface area contributed by atoms with Crippen molar-refractivity contribution >= 4 is 23.3 Å². The molecule has 0 spiro atoms. The lowest BCUT2D eigenvalue weighted by Gasteiger charge is -2.27. The molecule has 2 N–H and O–H groups in total. The predicted octanol–water partition coefficient (Wildman–Crippen LogP) is 3.50. The Morgan fingerprint density at radius 2 is 1.46 bits per heavy atom. The Hall–Kier alpha value is -2.82. The fourth-order valence-corrected chi connectivity index (χ4v) is 2.33. The monoisotopic (exact) mass is 325 g/mol. The molecule has 5 nitrogen and oxygen atoms in total. The van der Waals surface area contributed by atoms with Crippen molar-refractivity contribution in [3.63, 3.8) is 0 Å². The van der Waals surface area contributed by atoms with Crippen LogP contribution in [-0.2, 0) is 4.79 Å². The number of nitrogens with one attached hydrogen (secondary N) is 2. The molecule has 0 saturated carbocycles. The standard InChI is InChI=1S/C19H23N3O2/c1-14(2)17(18(23)22(3)16-12-8-5-9-13-16)21-19(24)20-15-10-6-4-7-11-15/h4-14,17H,1-3H3,(H2,20,21,24)/t17-/m1/s1. The van der Waals surface area contributed by atoms with Crippen molar-refractivity contribution in [2.24, 2.45) is 5.92 Å². The molecule has 2 rings (SSSR count). The highest BCUT2D eigenvalue weighted by Gasteiger charge is 2.27. The minimum absolute atomic E-state index is 0.0369. The van der Waals surface area contributed by atoms with E-state index in [1.807, 2.05) is 62.4 Å². The van der Waals surface area contributed by atoms with Crippen molar-refractivity contribution < 1.29 is 9.59 Å². The van der Waals surface area contributed by atoms with Gasteiger partial charge in [-0.05, 0) is 30.2 Å². The number of hydrogen-bond donors (Lipinski definition) is 2. The maximum atomic E-state index is 12.8. The minimum atomic E-state index is -0.612. The third-order valence-corrected chi connectivity index (χ3v) is 3.73. The van der Waals surface area contributed by atoms with E-state index in [4.69, 9.17) is 0 Å². The first kappa shape index (κ1) is 17.5. The normalized spacial score (nSPS) is 11.7. The molecule has 0 radical (unpaired) electrons. The van der Waals surface area contributed by atoms with Gasteiger partial charge in [-0.1, -0.05) is 50.2 Å². The number of hydrogen-bond acceptors (Lipinski definition) is 2. The van der Waals surface area contributed by atoms with Gasteiger partial charge in [0.25, 0.3) is 0 Å². The fraction of sp³-hybridized carbons (Fsp3) is 0.263. The summed E-state index contributed by atoms with van der Waals surface area (Å²) in [5.41, 5.74) is 1.47. The second-order valence-corrected chi connectivity index (χ2v) is 5.92. The SMILES string of the molecule is CC(C)[C@@H](NC(=O)Nc1ccccc1)C(=O)N(C)c1ccccc1. The Bertz CT molecular complexity index is 672. The maximum Gasteiger partial charge on any atom is 0.319 e. The summed E-state index contributed by atoms with van der Waals surface area (Å²) < 4.78 is 0. The molecule has 0 bridgehead atoms. The molecule has 0 heterocycles. The van der Waals surface area contributed by atoms with E-state index in [2.05, 4.69) is 10.6 Å². The second-order valence-electron chi connectivity index (χ2n) is 5.92. The largest absolute Gasteiger partial charge is 0.326 e. The molecule has 0 aliphatic heterocycles. The van der Waals surface area contributed by atoms with Gasteiger partial charge in [0.15, 0.2) is 0 Å². The van der Waals surface area contributed by atoms with E-state index in [1.54, 1.807) is 24.1 Å². The van der Waals surface area contributed by atoms with E-state index >= 15 is 0 Å². The van der Waals surface area contributed by atoms with Gasteiger partial charge >= 0.3 is 6.03 Å². The van der Waals surface area contributed by atoms with Crippen LogP contribution in [0.3, 0.4) is 0 Å². The van der Waals surface area contributed by atoms with E-state index in [1.165, 1.54) is 0 Å². The van der Waals surface area contributed by atoms with Crippen molar-refractivity contribution in [1.82, 2.24) is 5.32 Å². The highest BCUT2D eigenvalue weighted by atomic mass is 16.2. The first-order valence-electron chi connectivity index (χ1n) is 7.94. The first-order chi connectivity index (χ1) is 11.5. The highest BCUT2D eigenvalue weighted by Crippen LogP contribution is 2.15. The van der Waals surface area contributed by atoms with Gasteiger partial charge in [-0.2, -0.15) is 0 Å². The average Bonchev–Trinajstić information content (AvgIpc) is 2.60. The Morgan fingerprint density at radius 3 is 2.00 bits per heavy atom. The summed E-state index contributed by atoms with van der Waals surface area (Å²) in [6.45, 7) is 3.81. The zero-order chi connectivity index (χ0) is 17.5. The Balaban J connectivity index is 2.06.